The number of rotatable bonds is 50. The molecule has 1 amide bonds. The Balaban J connectivity index is 4.16. The third kappa shape index (κ3) is 50.4. The smallest absolute Gasteiger partial charge is 0.390 e. The van der Waals surface area contributed by atoms with Crippen molar-refractivity contribution in [1.82, 2.24) is 5.32 Å². The summed E-state index contributed by atoms with van der Waals surface area (Å²) in [5.74, 6) is -0.272. The Kier molecular flexibility index (Phi) is 47.5. The molecular weight excluding hydrogens is 880 g/mol. The molecule has 0 aromatic carbocycles. The first-order chi connectivity index (χ1) is 33.4. The van der Waals surface area contributed by atoms with Crippen LogP contribution in [0.2, 0.25) is 0 Å². The summed E-state index contributed by atoms with van der Waals surface area (Å²) in [5, 5.41) is 24.7. The molecule has 69 heavy (non-hydrogen) atoms. The Bertz CT molecular complexity index is 1420. The SMILES string of the molecule is CC/C=C\C/C=C\C/C=C\C/C=C\C/C=C\C/C=C\CCCCCCCCCCCCCCCCC(=O)NC(COP(=O)(O)OCC[N+](C)(C)C)C(O)C(O)CCC/C=C/CCCCCCCCC. The molecule has 0 aromatic rings. The number of hydrogen-bond acceptors (Lipinski definition) is 6. The molecule has 0 bridgehead atoms. The highest BCUT2D eigenvalue weighted by Gasteiger charge is 2.31. The molecule has 4 N–H and O–H groups in total. The minimum Gasteiger partial charge on any atom is -0.390 e. The van der Waals surface area contributed by atoms with Gasteiger partial charge in [0.15, 0.2) is 0 Å². The van der Waals surface area contributed by atoms with Crippen molar-refractivity contribution in [2.24, 2.45) is 0 Å². The van der Waals surface area contributed by atoms with Crippen molar-refractivity contribution in [3.05, 3.63) is 85.1 Å². The first kappa shape index (κ1) is 66.6. The van der Waals surface area contributed by atoms with Gasteiger partial charge in [0.2, 0.25) is 5.91 Å². The number of carbonyl (C=O) groups excluding carboxylic acids is 1. The molecule has 0 aliphatic heterocycles. The number of likely N-dealkylation sites (N-methyl/N-ethyl adjacent to an activating group) is 1. The van der Waals surface area contributed by atoms with Gasteiger partial charge in [-0.1, -0.05) is 214 Å². The van der Waals surface area contributed by atoms with Crippen LogP contribution in [-0.2, 0) is 18.4 Å². The number of unbranched alkanes of at least 4 members (excludes halogenated alkanes) is 22. The molecule has 400 valence electrons. The number of allylic oxidation sites excluding steroid dienone is 14. The molecule has 9 nitrogen and oxygen atoms in total. The summed E-state index contributed by atoms with van der Waals surface area (Å²) in [6, 6.07) is -1.05. The van der Waals surface area contributed by atoms with Crippen LogP contribution in [0.25, 0.3) is 0 Å². The summed E-state index contributed by atoms with van der Waals surface area (Å²) in [5.41, 5.74) is 0. The average molecular weight is 988 g/mol. The fourth-order valence-electron chi connectivity index (χ4n) is 7.79. The van der Waals surface area contributed by atoms with Gasteiger partial charge in [0, 0.05) is 6.42 Å². The van der Waals surface area contributed by atoms with Crippen molar-refractivity contribution in [1.29, 1.82) is 0 Å². The van der Waals surface area contributed by atoms with Crippen LogP contribution in [0, 0.1) is 0 Å². The van der Waals surface area contributed by atoms with Gasteiger partial charge in [-0.25, -0.2) is 4.57 Å². The minimum atomic E-state index is -4.43. The van der Waals surface area contributed by atoms with E-state index >= 15 is 0 Å². The molecule has 4 atom stereocenters. The highest BCUT2D eigenvalue weighted by atomic mass is 31.2. The van der Waals surface area contributed by atoms with E-state index in [0.29, 0.717) is 23.9 Å². The van der Waals surface area contributed by atoms with Gasteiger partial charge in [-0.05, 0) is 89.9 Å². The number of quaternary nitrogens is 1. The maximum atomic E-state index is 13.0. The number of aliphatic hydroxyl groups excluding tert-OH is 2. The summed E-state index contributed by atoms with van der Waals surface area (Å²) < 4.78 is 23.6. The van der Waals surface area contributed by atoms with Gasteiger partial charge in [0.25, 0.3) is 0 Å². The van der Waals surface area contributed by atoms with Crippen LogP contribution in [-0.4, -0.2) is 84.6 Å². The Hall–Kier alpha value is -2.36. The summed E-state index contributed by atoms with van der Waals surface area (Å²) in [7, 11) is 1.41. The molecule has 10 heteroatoms. The van der Waals surface area contributed by atoms with Crippen molar-refractivity contribution in [3.8, 4) is 0 Å². The molecule has 0 saturated heterocycles. The number of phosphoric acid groups is 1. The van der Waals surface area contributed by atoms with E-state index in [1.54, 1.807) is 0 Å². The van der Waals surface area contributed by atoms with Gasteiger partial charge < -0.3 is 24.9 Å². The molecule has 0 fully saturated rings. The second kappa shape index (κ2) is 49.2. The van der Waals surface area contributed by atoms with E-state index in [1.165, 1.54) is 116 Å². The number of carbonyl (C=O) groups is 1. The summed E-state index contributed by atoms with van der Waals surface area (Å²) in [6.07, 6.45) is 65.3. The summed E-state index contributed by atoms with van der Waals surface area (Å²) in [6.45, 7) is 4.46. The Labute approximate surface area is 425 Å². The van der Waals surface area contributed by atoms with Crippen LogP contribution in [0.5, 0.6) is 0 Å². The van der Waals surface area contributed by atoms with Crippen LogP contribution in [0.15, 0.2) is 85.1 Å². The number of aliphatic hydroxyl groups is 2. The van der Waals surface area contributed by atoms with Crippen molar-refractivity contribution in [3.63, 3.8) is 0 Å². The number of hydrogen-bond donors (Lipinski definition) is 4. The molecule has 0 rings (SSSR count). The lowest BCUT2D eigenvalue weighted by atomic mass is 10.0. The first-order valence-electron chi connectivity index (χ1n) is 28.0. The monoisotopic (exact) mass is 988 g/mol. The molecule has 0 spiro atoms. The van der Waals surface area contributed by atoms with Crippen molar-refractivity contribution < 1.29 is 38.0 Å². The highest BCUT2D eigenvalue weighted by Crippen LogP contribution is 2.43. The number of nitrogens with zero attached hydrogens (tertiary/aromatic N) is 1. The zero-order chi connectivity index (χ0) is 50.8. The maximum absolute atomic E-state index is 13.0. The zero-order valence-electron chi connectivity index (χ0n) is 45.1. The maximum Gasteiger partial charge on any atom is 0.472 e. The van der Waals surface area contributed by atoms with Crippen LogP contribution in [0.3, 0.4) is 0 Å². The Morgan fingerprint density at radius 1 is 0.522 bits per heavy atom. The standard InChI is InChI=1S/C59H107N2O7P/c1-6-8-10-12-14-16-18-20-21-22-23-24-25-26-27-28-29-30-31-32-33-34-35-36-37-38-39-40-42-44-46-48-50-52-58(63)60-56(55-68-69(65,66)67-54-53-61(3,4)5)59(64)57(62)51-49-47-45-43-41-19-17-15-13-11-9-7-2/h8,10,14,16,20-21,23-24,26-27,29-30,43,45,56-57,59,62,64H,6-7,9,11-13,15,17-19,22,25,28,31-42,44,46-55H2,1-5H3,(H-,60,63,65,66)/p+1/b10-8-,16-14-,21-20-,24-23-,27-26-,30-29-,45-43+. The fraction of sp³-hybridized carbons (Fsp3) is 0.746. The van der Waals surface area contributed by atoms with E-state index in [9.17, 15) is 24.5 Å². The highest BCUT2D eigenvalue weighted by molar-refractivity contribution is 7.47. The lowest BCUT2D eigenvalue weighted by Crippen LogP contribution is -2.51. The third-order valence-electron chi connectivity index (χ3n) is 12.2. The van der Waals surface area contributed by atoms with Gasteiger partial charge in [-0.15, -0.1) is 0 Å². The molecule has 4 unspecified atom stereocenters. The first-order valence-corrected chi connectivity index (χ1v) is 29.5. The van der Waals surface area contributed by atoms with Crippen molar-refractivity contribution in [2.45, 2.75) is 244 Å². The van der Waals surface area contributed by atoms with E-state index in [-0.39, 0.29) is 18.9 Å². The van der Waals surface area contributed by atoms with Gasteiger partial charge in [0.05, 0.1) is 39.9 Å². The van der Waals surface area contributed by atoms with Gasteiger partial charge in [-0.3, -0.25) is 13.8 Å². The third-order valence-corrected chi connectivity index (χ3v) is 13.2. The van der Waals surface area contributed by atoms with Crippen LogP contribution >= 0.6 is 7.82 Å². The van der Waals surface area contributed by atoms with Crippen molar-refractivity contribution >= 4 is 13.7 Å². The van der Waals surface area contributed by atoms with Gasteiger partial charge in [-0.2, -0.15) is 0 Å². The average Bonchev–Trinajstić information content (AvgIpc) is 3.31. The number of amides is 1. The molecule has 0 radical (unpaired) electrons. The largest absolute Gasteiger partial charge is 0.472 e. The van der Waals surface area contributed by atoms with E-state index in [4.69, 9.17) is 9.05 Å². The molecule has 0 heterocycles. The second-order valence-corrected chi connectivity index (χ2v) is 21.5. The number of nitrogens with one attached hydrogen (secondary N) is 1. The quantitative estimate of drug-likeness (QED) is 0.0207. The number of phosphoric ester groups is 1. The normalized spacial score (nSPS) is 15.1. The van der Waals surface area contributed by atoms with Crippen LogP contribution < -0.4 is 5.32 Å². The lowest BCUT2D eigenvalue weighted by Gasteiger charge is -2.28. The van der Waals surface area contributed by atoms with Crippen LogP contribution in [0.4, 0.5) is 0 Å². The van der Waals surface area contributed by atoms with E-state index in [2.05, 4.69) is 104 Å². The van der Waals surface area contributed by atoms with Crippen molar-refractivity contribution in [2.75, 3.05) is 40.9 Å². The van der Waals surface area contributed by atoms with E-state index < -0.39 is 32.7 Å². The molecule has 0 aliphatic carbocycles. The summed E-state index contributed by atoms with van der Waals surface area (Å²) in [4.78, 5) is 23.3. The summed E-state index contributed by atoms with van der Waals surface area (Å²) >= 11 is 0. The predicted molar refractivity (Wildman–Crippen MR) is 296 cm³/mol. The minimum absolute atomic E-state index is 0.0136. The Morgan fingerprint density at radius 2 is 0.899 bits per heavy atom. The fourth-order valence-corrected chi connectivity index (χ4v) is 8.53. The topological polar surface area (TPSA) is 125 Å². The van der Waals surface area contributed by atoms with Crippen LogP contribution in [0.1, 0.15) is 226 Å². The lowest BCUT2D eigenvalue weighted by molar-refractivity contribution is -0.870. The second-order valence-electron chi connectivity index (χ2n) is 20.1. The molecule has 0 saturated carbocycles. The molecule has 0 aliphatic rings. The molecule has 0 aromatic heterocycles. The van der Waals surface area contributed by atoms with Gasteiger partial charge >= 0.3 is 7.82 Å². The van der Waals surface area contributed by atoms with E-state index in [0.717, 1.165) is 77.0 Å². The van der Waals surface area contributed by atoms with E-state index in [1.807, 2.05) is 21.1 Å². The predicted octanol–water partition coefficient (Wildman–Crippen LogP) is 15.8. The zero-order valence-corrected chi connectivity index (χ0v) is 46.0. The Morgan fingerprint density at radius 3 is 1.33 bits per heavy atom. The van der Waals surface area contributed by atoms with Gasteiger partial charge in [0.1, 0.15) is 19.3 Å². The molecular formula is C59H108N2O7P+.